The van der Waals surface area contributed by atoms with Crippen LogP contribution < -0.4 is 10.9 Å². The summed E-state index contributed by atoms with van der Waals surface area (Å²) in [5.41, 5.74) is 4.54. The number of carbonyl (C=O) groups is 1. The van der Waals surface area contributed by atoms with Crippen molar-refractivity contribution in [1.29, 1.82) is 0 Å². The number of benzene rings is 1. The van der Waals surface area contributed by atoms with E-state index in [4.69, 9.17) is 0 Å². The fourth-order valence-electron chi connectivity index (χ4n) is 1.87. The van der Waals surface area contributed by atoms with Gasteiger partial charge in [0.25, 0.3) is 5.91 Å². The van der Waals surface area contributed by atoms with Crippen LogP contribution in [0.2, 0.25) is 0 Å². The van der Waals surface area contributed by atoms with Crippen LogP contribution in [0.1, 0.15) is 25.3 Å². The predicted octanol–water partition coefficient (Wildman–Crippen LogP) is 3.50. The lowest BCUT2D eigenvalue weighted by Crippen LogP contribution is -2.29. The van der Waals surface area contributed by atoms with E-state index in [1.54, 1.807) is 0 Å². The van der Waals surface area contributed by atoms with E-state index in [0.717, 1.165) is 24.5 Å². The van der Waals surface area contributed by atoms with Gasteiger partial charge in [0.05, 0.1) is 11.3 Å². The van der Waals surface area contributed by atoms with E-state index in [-0.39, 0.29) is 5.69 Å². The van der Waals surface area contributed by atoms with Gasteiger partial charge < -0.3 is 0 Å². The van der Waals surface area contributed by atoms with E-state index < -0.39 is 17.6 Å². The van der Waals surface area contributed by atoms with Gasteiger partial charge in [-0.3, -0.25) is 15.6 Å². The minimum absolute atomic E-state index is 0.175. The molecule has 1 saturated carbocycles. The van der Waals surface area contributed by atoms with Crippen LogP contribution in [0.5, 0.6) is 0 Å². The standard InChI is InChI=1S/C14H15F3N2O/c1-9(10-6-7-10)8-13(20)19-18-12-5-3-2-4-11(12)14(15,16)17/h2-5,8,10,18H,6-7H2,1H3,(H,19,20). The molecule has 1 aromatic carbocycles. The molecule has 0 aliphatic heterocycles. The number of hydrogen-bond acceptors (Lipinski definition) is 2. The highest BCUT2D eigenvalue weighted by Gasteiger charge is 2.33. The van der Waals surface area contributed by atoms with Crippen LogP contribution in [-0.2, 0) is 11.0 Å². The number of rotatable bonds is 4. The SMILES string of the molecule is CC(=CC(=O)NNc1ccccc1C(F)(F)F)C1CC1. The molecule has 2 rings (SSSR count). The number of carbonyl (C=O) groups excluding carboxylic acids is 1. The Hall–Kier alpha value is -1.98. The predicted molar refractivity (Wildman–Crippen MR) is 69.7 cm³/mol. The summed E-state index contributed by atoms with van der Waals surface area (Å²) >= 11 is 0. The summed E-state index contributed by atoms with van der Waals surface area (Å²) in [6, 6.07) is 4.99. The van der Waals surface area contributed by atoms with Crippen molar-refractivity contribution in [2.24, 2.45) is 5.92 Å². The van der Waals surface area contributed by atoms with Gasteiger partial charge in [0.15, 0.2) is 0 Å². The summed E-state index contributed by atoms with van der Waals surface area (Å²) in [5, 5.41) is 0. The largest absolute Gasteiger partial charge is 0.418 e. The van der Waals surface area contributed by atoms with Crippen molar-refractivity contribution in [2.75, 3.05) is 5.43 Å². The van der Waals surface area contributed by atoms with Gasteiger partial charge >= 0.3 is 6.18 Å². The zero-order chi connectivity index (χ0) is 14.8. The second-order valence-corrected chi connectivity index (χ2v) is 4.82. The zero-order valence-corrected chi connectivity index (χ0v) is 10.9. The number of hydrazine groups is 1. The van der Waals surface area contributed by atoms with Crippen LogP contribution in [0.4, 0.5) is 18.9 Å². The third-order valence-electron chi connectivity index (χ3n) is 3.13. The molecule has 0 radical (unpaired) electrons. The topological polar surface area (TPSA) is 41.1 Å². The monoisotopic (exact) mass is 284 g/mol. The first-order valence-electron chi connectivity index (χ1n) is 6.28. The highest BCUT2D eigenvalue weighted by Crippen LogP contribution is 2.36. The fraction of sp³-hybridized carbons (Fsp3) is 0.357. The van der Waals surface area contributed by atoms with Crippen LogP contribution in [0.3, 0.4) is 0 Å². The van der Waals surface area contributed by atoms with Gasteiger partial charge in [0.2, 0.25) is 0 Å². The highest BCUT2D eigenvalue weighted by atomic mass is 19.4. The first-order valence-corrected chi connectivity index (χ1v) is 6.28. The maximum absolute atomic E-state index is 12.7. The highest BCUT2D eigenvalue weighted by molar-refractivity contribution is 5.89. The van der Waals surface area contributed by atoms with E-state index in [1.807, 2.05) is 6.92 Å². The lowest BCUT2D eigenvalue weighted by molar-refractivity contribution is -0.137. The zero-order valence-electron chi connectivity index (χ0n) is 10.9. The number of halogens is 3. The molecule has 1 fully saturated rings. The van der Waals surface area contributed by atoms with Gasteiger partial charge in [0.1, 0.15) is 0 Å². The molecule has 20 heavy (non-hydrogen) atoms. The molecule has 1 aliphatic rings. The van der Waals surface area contributed by atoms with E-state index in [2.05, 4.69) is 10.9 Å². The molecule has 1 aromatic rings. The Morgan fingerprint density at radius 3 is 2.55 bits per heavy atom. The third-order valence-corrected chi connectivity index (χ3v) is 3.13. The Morgan fingerprint density at radius 2 is 1.95 bits per heavy atom. The minimum Gasteiger partial charge on any atom is -0.298 e. The summed E-state index contributed by atoms with van der Waals surface area (Å²) in [6.45, 7) is 1.85. The smallest absolute Gasteiger partial charge is 0.298 e. The van der Waals surface area contributed by atoms with Crippen molar-refractivity contribution in [3.63, 3.8) is 0 Å². The average Bonchev–Trinajstić information content (AvgIpc) is 3.19. The molecule has 108 valence electrons. The summed E-state index contributed by atoms with van der Waals surface area (Å²) < 4.78 is 38.2. The van der Waals surface area contributed by atoms with Crippen molar-refractivity contribution in [2.45, 2.75) is 25.9 Å². The second kappa shape index (κ2) is 5.56. The Bertz CT molecular complexity index is 533. The van der Waals surface area contributed by atoms with Crippen molar-refractivity contribution in [3.05, 3.63) is 41.5 Å². The number of nitrogens with one attached hydrogen (secondary N) is 2. The van der Waals surface area contributed by atoms with E-state index >= 15 is 0 Å². The van der Waals surface area contributed by atoms with Crippen LogP contribution in [0.25, 0.3) is 0 Å². The number of para-hydroxylation sites is 1. The van der Waals surface area contributed by atoms with E-state index in [9.17, 15) is 18.0 Å². The van der Waals surface area contributed by atoms with Gasteiger partial charge in [-0.15, -0.1) is 0 Å². The maximum Gasteiger partial charge on any atom is 0.418 e. The molecule has 2 N–H and O–H groups in total. The molecular formula is C14H15F3N2O. The average molecular weight is 284 g/mol. The van der Waals surface area contributed by atoms with Gasteiger partial charge in [-0.05, 0) is 37.8 Å². The Kier molecular flexibility index (Phi) is 4.01. The molecule has 0 saturated heterocycles. The van der Waals surface area contributed by atoms with Gasteiger partial charge in [-0.2, -0.15) is 13.2 Å². The maximum atomic E-state index is 12.7. The summed E-state index contributed by atoms with van der Waals surface area (Å²) in [5.74, 6) is -0.00501. The molecule has 1 aliphatic carbocycles. The Labute approximate surface area is 114 Å². The first kappa shape index (κ1) is 14.4. The van der Waals surface area contributed by atoms with Gasteiger partial charge in [0, 0.05) is 6.08 Å². The van der Waals surface area contributed by atoms with Gasteiger partial charge in [-0.1, -0.05) is 17.7 Å². The molecule has 0 bridgehead atoms. The fourth-order valence-corrected chi connectivity index (χ4v) is 1.87. The number of amides is 1. The summed E-state index contributed by atoms with van der Waals surface area (Å²) in [4.78, 5) is 11.6. The molecule has 0 atom stereocenters. The Morgan fingerprint density at radius 1 is 1.30 bits per heavy atom. The first-order chi connectivity index (χ1) is 9.38. The van der Waals surface area contributed by atoms with Crippen LogP contribution >= 0.6 is 0 Å². The van der Waals surface area contributed by atoms with E-state index in [0.29, 0.717) is 5.92 Å². The number of allylic oxidation sites excluding steroid dienone is 1. The quantitative estimate of drug-likeness (QED) is 0.656. The van der Waals surface area contributed by atoms with Crippen LogP contribution in [-0.4, -0.2) is 5.91 Å². The second-order valence-electron chi connectivity index (χ2n) is 4.82. The van der Waals surface area contributed by atoms with E-state index in [1.165, 1.54) is 24.3 Å². The van der Waals surface area contributed by atoms with Crippen LogP contribution in [0, 0.1) is 5.92 Å². The van der Waals surface area contributed by atoms with Crippen LogP contribution in [0.15, 0.2) is 35.9 Å². The van der Waals surface area contributed by atoms with Crippen molar-refractivity contribution < 1.29 is 18.0 Å². The summed E-state index contributed by atoms with van der Waals surface area (Å²) in [6.07, 6.45) is -0.908. The molecule has 0 heterocycles. The van der Waals surface area contributed by atoms with Crippen molar-refractivity contribution in [1.82, 2.24) is 5.43 Å². The minimum atomic E-state index is -4.46. The molecule has 1 amide bonds. The van der Waals surface area contributed by atoms with Crippen molar-refractivity contribution in [3.8, 4) is 0 Å². The lowest BCUT2D eigenvalue weighted by atomic mass is 10.2. The normalized spacial score (nSPS) is 15.9. The Balaban J connectivity index is 2.00. The number of anilines is 1. The van der Waals surface area contributed by atoms with Gasteiger partial charge in [-0.25, -0.2) is 0 Å². The molecule has 6 heteroatoms. The third kappa shape index (κ3) is 3.76. The van der Waals surface area contributed by atoms with Crippen molar-refractivity contribution >= 4 is 11.6 Å². The molecule has 3 nitrogen and oxygen atoms in total. The molecular weight excluding hydrogens is 269 g/mol. The number of hydrogen-bond donors (Lipinski definition) is 2. The molecule has 0 aromatic heterocycles. The number of alkyl halides is 3. The molecule has 0 spiro atoms. The summed E-state index contributed by atoms with van der Waals surface area (Å²) in [7, 11) is 0. The molecule has 0 unspecified atom stereocenters. The lowest BCUT2D eigenvalue weighted by Gasteiger charge is -2.14.